The second-order valence-electron chi connectivity index (χ2n) is 7.10. The van der Waals surface area contributed by atoms with E-state index in [0.717, 1.165) is 45.0 Å². The molecule has 2 aromatic carbocycles. The lowest BCUT2D eigenvalue weighted by molar-refractivity contribution is 0.302. The summed E-state index contributed by atoms with van der Waals surface area (Å²) >= 11 is 0. The zero-order chi connectivity index (χ0) is 19.2. The van der Waals surface area contributed by atoms with Gasteiger partial charge in [-0.3, -0.25) is 4.68 Å². The Morgan fingerprint density at radius 3 is 2.79 bits per heavy atom. The Labute approximate surface area is 167 Å². The van der Waals surface area contributed by atoms with E-state index in [9.17, 15) is 0 Å². The SMILES string of the molecule is c1ccc(-c2cc3n(n2)Cc2ccc(-c4cnn5cccnc45)cc2OC3)cc1. The summed E-state index contributed by atoms with van der Waals surface area (Å²) in [7, 11) is 0. The van der Waals surface area contributed by atoms with E-state index in [4.69, 9.17) is 9.84 Å². The highest BCUT2D eigenvalue weighted by Crippen LogP contribution is 2.32. The molecule has 0 amide bonds. The highest BCUT2D eigenvalue weighted by Gasteiger charge is 2.18. The molecule has 6 heteroatoms. The first-order valence-electron chi connectivity index (χ1n) is 9.52. The lowest BCUT2D eigenvalue weighted by Gasteiger charge is -2.09. The molecule has 0 spiro atoms. The third-order valence-electron chi connectivity index (χ3n) is 5.29. The van der Waals surface area contributed by atoms with Gasteiger partial charge in [0, 0.05) is 29.1 Å². The van der Waals surface area contributed by atoms with Crippen LogP contribution in [0.5, 0.6) is 5.75 Å². The average Bonchev–Trinajstić information content (AvgIpc) is 3.34. The van der Waals surface area contributed by atoms with Crippen molar-refractivity contribution < 1.29 is 4.74 Å². The second-order valence-corrected chi connectivity index (χ2v) is 7.10. The van der Waals surface area contributed by atoms with Gasteiger partial charge in [-0.05, 0) is 23.8 Å². The van der Waals surface area contributed by atoms with Crippen molar-refractivity contribution in [3.05, 3.63) is 90.5 Å². The fourth-order valence-corrected chi connectivity index (χ4v) is 3.79. The zero-order valence-corrected chi connectivity index (χ0v) is 15.6. The number of benzene rings is 2. The maximum atomic E-state index is 6.17. The average molecular weight is 379 g/mol. The third-order valence-corrected chi connectivity index (χ3v) is 5.29. The van der Waals surface area contributed by atoms with Crippen LogP contribution in [0, 0.1) is 0 Å². The molecule has 0 bridgehead atoms. The molecule has 0 N–H and O–H groups in total. The minimum atomic E-state index is 0.489. The van der Waals surface area contributed by atoms with Gasteiger partial charge < -0.3 is 4.74 Å². The van der Waals surface area contributed by atoms with Crippen LogP contribution < -0.4 is 4.74 Å². The van der Waals surface area contributed by atoms with Crippen molar-refractivity contribution in [1.82, 2.24) is 24.4 Å². The van der Waals surface area contributed by atoms with Crippen LogP contribution in [0.3, 0.4) is 0 Å². The molecule has 5 aromatic rings. The van der Waals surface area contributed by atoms with Crippen molar-refractivity contribution in [2.24, 2.45) is 0 Å². The number of fused-ring (bicyclic) bond motifs is 3. The minimum Gasteiger partial charge on any atom is -0.487 e. The maximum Gasteiger partial charge on any atom is 0.162 e. The molecule has 140 valence electrons. The smallest absolute Gasteiger partial charge is 0.162 e. The minimum absolute atomic E-state index is 0.489. The molecular formula is C23H17N5O. The van der Waals surface area contributed by atoms with Gasteiger partial charge in [-0.2, -0.15) is 10.2 Å². The van der Waals surface area contributed by atoms with Crippen LogP contribution in [0.25, 0.3) is 28.0 Å². The van der Waals surface area contributed by atoms with E-state index in [1.807, 2.05) is 41.3 Å². The van der Waals surface area contributed by atoms with E-state index < -0.39 is 0 Å². The fraction of sp³-hybridized carbons (Fsp3) is 0.0870. The molecule has 6 rings (SSSR count). The number of hydrogen-bond acceptors (Lipinski definition) is 4. The summed E-state index contributed by atoms with van der Waals surface area (Å²) in [6, 6.07) is 20.5. The molecule has 0 saturated carbocycles. The number of rotatable bonds is 2. The maximum absolute atomic E-state index is 6.17. The van der Waals surface area contributed by atoms with Crippen LogP contribution >= 0.6 is 0 Å². The quantitative estimate of drug-likeness (QED) is 0.461. The first-order valence-corrected chi connectivity index (χ1v) is 9.52. The molecule has 0 saturated heterocycles. The number of aromatic nitrogens is 5. The van der Waals surface area contributed by atoms with Crippen LogP contribution in [-0.2, 0) is 13.2 Å². The van der Waals surface area contributed by atoms with Crippen molar-refractivity contribution in [2.45, 2.75) is 13.2 Å². The first-order chi connectivity index (χ1) is 14.3. The lowest BCUT2D eigenvalue weighted by atomic mass is 10.1. The molecule has 3 aromatic heterocycles. The largest absolute Gasteiger partial charge is 0.487 e. The summed E-state index contributed by atoms with van der Waals surface area (Å²) in [6.07, 6.45) is 5.52. The molecule has 1 aliphatic rings. The molecule has 29 heavy (non-hydrogen) atoms. The Morgan fingerprint density at radius 1 is 0.931 bits per heavy atom. The Bertz CT molecular complexity index is 1340. The van der Waals surface area contributed by atoms with Crippen LogP contribution in [-0.4, -0.2) is 24.4 Å². The zero-order valence-electron chi connectivity index (χ0n) is 15.6. The summed E-state index contributed by atoms with van der Waals surface area (Å²) in [4.78, 5) is 4.46. The van der Waals surface area contributed by atoms with E-state index in [-0.39, 0.29) is 0 Å². The van der Waals surface area contributed by atoms with Crippen molar-refractivity contribution >= 4 is 5.65 Å². The molecular weight excluding hydrogens is 362 g/mol. The molecule has 6 nitrogen and oxygen atoms in total. The monoisotopic (exact) mass is 379 g/mol. The number of hydrogen-bond donors (Lipinski definition) is 0. The fourth-order valence-electron chi connectivity index (χ4n) is 3.79. The Hall–Kier alpha value is -3.93. The molecule has 0 fully saturated rings. The van der Waals surface area contributed by atoms with Gasteiger partial charge in [0.15, 0.2) is 5.65 Å². The highest BCUT2D eigenvalue weighted by molar-refractivity contribution is 5.78. The van der Waals surface area contributed by atoms with Crippen molar-refractivity contribution in [2.75, 3.05) is 0 Å². The van der Waals surface area contributed by atoms with Crippen LogP contribution in [0.15, 0.2) is 79.3 Å². The summed E-state index contributed by atoms with van der Waals surface area (Å²) in [6.45, 7) is 1.17. The van der Waals surface area contributed by atoms with E-state index >= 15 is 0 Å². The van der Waals surface area contributed by atoms with Gasteiger partial charge in [0.1, 0.15) is 12.4 Å². The lowest BCUT2D eigenvalue weighted by Crippen LogP contribution is -2.03. The Morgan fingerprint density at radius 2 is 1.86 bits per heavy atom. The van der Waals surface area contributed by atoms with Gasteiger partial charge in [-0.25, -0.2) is 9.50 Å². The molecule has 0 radical (unpaired) electrons. The van der Waals surface area contributed by atoms with Gasteiger partial charge in [-0.1, -0.05) is 42.5 Å². The number of nitrogens with zero attached hydrogens (tertiary/aromatic N) is 5. The van der Waals surface area contributed by atoms with Crippen molar-refractivity contribution in [3.63, 3.8) is 0 Å². The van der Waals surface area contributed by atoms with Gasteiger partial charge in [0.05, 0.1) is 24.1 Å². The molecule has 0 aliphatic carbocycles. The normalized spacial score (nSPS) is 12.8. The van der Waals surface area contributed by atoms with E-state index in [0.29, 0.717) is 13.2 Å². The first kappa shape index (κ1) is 16.1. The predicted octanol–water partition coefficient (Wildman–Crippen LogP) is 4.20. The summed E-state index contributed by atoms with van der Waals surface area (Å²) < 4.78 is 9.98. The predicted molar refractivity (Wildman–Crippen MR) is 110 cm³/mol. The molecule has 4 heterocycles. The number of ether oxygens (including phenoxy) is 1. The van der Waals surface area contributed by atoms with Gasteiger partial charge in [0.25, 0.3) is 0 Å². The van der Waals surface area contributed by atoms with Gasteiger partial charge >= 0.3 is 0 Å². The summed E-state index contributed by atoms with van der Waals surface area (Å²) in [5, 5.41) is 9.19. The van der Waals surface area contributed by atoms with Gasteiger partial charge in [-0.15, -0.1) is 0 Å². The van der Waals surface area contributed by atoms with Crippen LogP contribution in [0.2, 0.25) is 0 Å². The van der Waals surface area contributed by atoms with Crippen molar-refractivity contribution in [1.29, 1.82) is 0 Å². The molecule has 0 unspecified atom stereocenters. The van der Waals surface area contributed by atoms with Crippen molar-refractivity contribution in [3.8, 4) is 28.1 Å². The van der Waals surface area contributed by atoms with E-state index in [1.54, 1.807) is 10.7 Å². The summed E-state index contributed by atoms with van der Waals surface area (Å²) in [5.74, 6) is 0.879. The second kappa shape index (κ2) is 6.31. The summed E-state index contributed by atoms with van der Waals surface area (Å²) in [5.41, 5.74) is 7.14. The van der Waals surface area contributed by atoms with Gasteiger partial charge in [0.2, 0.25) is 0 Å². The van der Waals surface area contributed by atoms with E-state index in [2.05, 4.69) is 46.5 Å². The van der Waals surface area contributed by atoms with E-state index in [1.165, 1.54) is 0 Å². The topological polar surface area (TPSA) is 57.2 Å². The Balaban J connectivity index is 1.36. The molecule has 1 aliphatic heterocycles. The van der Waals surface area contributed by atoms with Crippen LogP contribution in [0.1, 0.15) is 11.3 Å². The molecule has 0 atom stereocenters. The highest BCUT2D eigenvalue weighted by atomic mass is 16.5. The third kappa shape index (κ3) is 2.69. The Kier molecular flexibility index (Phi) is 3.49. The van der Waals surface area contributed by atoms with Crippen LogP contribution in [0.4, 0.5) is 0 Å². The standard InChI is InChI=1S/C23H17N5O/c1-2-5-16(6-3-1)21-12-19-15-29-22-11-17(7-8-18(22)14-28(19)26-21)20-13-25-27-10-4-9-24-23(20)27/h1-13H,14-15H2.